The molecular weight excluding hydrogens is 502 g/mol. The Kier molecular flexibility index (Phi) is 8.24. The lowest BCUT2D eigenvalue weighted by Gasteiger charge is -2.32. The largest absolute Gasteiger partial charge is 0.381 e. The highest BCUT2D eigenvalue weighted by Gasteiger charge is 3.00. The molecule has 27 heavy (non-hydrogen) atoms. The Hall–Kier alpha value is 0.1000. The Morgan fingerprint density at radius 3 is 1.37 bits per heavy atom. The first-order valence-electron chi connectivity index (χ1n) is 9.05. The minimum absolute atomic E-state index is 0.00446. The van der Waals surface area contributed by atoms with Gasteiger partial charge in [-0.3, -0.25) is 0 Å². The molecule has 1 unspecified atom stereocenters. The van der Waals surface area contributed by atoms with Crippen molar-refractivity contribution in [2.24, 2.45) is 0 Å². The molecule has 10 heteroatoms. The third-order valence-electron chi connectivity index (χ3n) is 5.05. The third kappa shape index (κ3) is 4.20. The van der Waals surface area contributed by atoms with E-state index in [1.54, 1.807) is 0 Å². The fraction of sp³-hybridized carbons (Fsp3) is 1.00. The van der Waals surface area contributed by atoms with E-state index in [1.165, 1.54) is 22.6 Å². The molecule has 0 aromatic carbocycles. The Bertz CT molecular complexity index is 453. The van der Waals surface area contributed by atoms with Crippen LogP contribution < -0.4 is 0 Å². The maximum Gasteiger partial charge on any atom is 0.381 e. The summed E-state index contributed by atoms with van der Waals surface area (Å²) in [4.78, 5) is 0. The summed E-state index contributed by atoms with van der Waals surface area (Å²) in [6.07, 6.45) is 5.34. The van der Waals surface area contributed by atoms with E-state index in [4.69, 9.17) is 0 Å². The number of rotatable bonds is 11. The zero-order valence-corrected chi connectivity index (χ0v) is 17.1. The minimum Gasteiger partial charge on any atom is -0.230 e. The van der Waals surface area contributed by atoms with Crippen molar-refractivity contribution in [3.63, 3.8) is 0 Å². The van der Waals surface area contributed by atoms with Crippen LogP contribution in [0.3, 0.4) is 0 Å². The lowest BCUT2D eigenvalue weighted by atomic mass is 9.90. The summed E-state index contributed by atoms with van der Waals surface area (Å²) in [6, 6.07) is 0. The van der Waals surface area contributed by atoms with Gasteiger partial charge in [-0.1, -0.05) is 80.9 Å². The quantitative estimate of drug-likeness (QED) is 0.111. The normalized spacial score (nSPS) is 25.4. The van der Waals surface area contributed by atoms with Gasteiger partial charge in [0.15, 0.2) is 0 Å². The van der Waals surface area contributed by atoms with Crippen molar-refractivity contribution in [1.82, 2.24) is 0 Å². The maximum atomic E-state index is 14.4. The van der Waals surface area contributed by atoms with E-state index in [0.29, 0.717) is 12.8 Å². The van der Waals surface area contributed by atoms with Gasteiger partial charge in [-0.15, -0.1) is 0 Å². The standard InChI is InChI=1S/C17H24F9I/c1-2-3-4-5-6-7-8-9-10-12(27)11-13(18)14(19,20)16(23,24)17(25,26)15(13,21)22/h12H,2-11H2,1H3. The Labute approximate surface area is 166 Å². The molecule has 1 atom stereocenters. The predicted molar refractivity (Wildman–Crippen MR) is 93.3 cm³/mol. The molecule has 1 rings (SSSR count). The summed E-state index contributed by atoms with van der Waals surface area (Å²) in [5.74, 6) is -25.3. The third-order valence-corrected chi connectivity index (χ3v) is 6.12. The smallest absolute Gasteiger partial charge is 0.230 e. The molecule has 0 nitrogen and oxygen atoms in total. The van der Waals surface area contributed by atoms with Gasteiger partial charge in [-0.05, 0) is 6.42 Å². The van der Waals surface area contributed by atoms with Crippen LogP contribution in [0.2, 0.25) is 0 Å². The first-order chi connectivity index (χ1) is 12.2. The van der Waals surface area contributed by atoms with Crippen molar-refractivity contribution in [3.8, 4) is 0 Å². The number of halogens is 10. The molecule has 0 radical (unpaired) electrons. The summed E-state index contributed by atoms with van der Waals surface area (Å²) in [5, 5.41) is 0. The molecule has 0 heterocycles. The number of alkyl halides is 10. The second-order valence-corrected chi connectivity index (χ2v) is 8.93. The average Bonchev–Trinajstić information content (AvgIpc) is 2.60. The molecule has 0 aliphatic heterocycles. The van der Waals surface area contributed by atoms with Crippen LogP contribution in [0.4, 0.5) is 39.5 Å². The molecule has 0 aromatic heterocycles. The summed E-state index contributed by atoms with van der Waals surface area (Å²) in [5.41, 5.74) is -5.31. The van der Waals surface area contributed by atoms with Gasteiger partial charge in [0.25, 0.3) is 5.67 Å². The van der Waals surface area contributed by atoms with E-state index in [1.807, 2.05) is 0 Å². The zero-order valence-electron chi connectivity index (χ0n) is 14.9. The fourth-order valence-electron chi connectivity index (χ4n) is 3.25. The van der Waals surface area contributed by atoms with Crippen molar-refractivity contribution in [1.29, 1.82) is 0 Å². The van der Waals surface area contributed by atoms with Crippen LogP contribution in [0.5, 0.6) is 0 Å². The zero-order chi connectivity index (χ0) is 21.1. The predicted octanol–water partition coefficient (Wildman–Crippen LogP) is 7.97. The van der Waals surface area contributed by atoms with Crippen molar-refractivity contribution in [3.05, 3.63) is 0 Å². The van der Waals surface area contributed by atoms with E-state index in [2.05, 4.69) is 6.92 Å². The summed E-state index contributed by atoms with van der Waals surface area (Å²) >= 11 is 1.38. The fourth-order valence-corrected chi connectivity index (χ4v) is 4.30. The summed E-state index contributed by atoms with van der Waals surface area (Å²) < 4.78 is 120. The van der Waals surface area contributed by atoms with Crippen LogP contribution in [-0.2, 0) is 0 Å². The monoisotopic (exact) mass is 526 g/mol. The van der Waals surface area contributed by atoms with Gasteiger partial charge >= 0.3 is 23.7 Å². The molecule has 1 fully saturated rings. The van der Waals surface area contributed by atoms with Gasteiger partial charge in [-0.25, -0.2) is 4.39 Å². The van der Waals surface area contributed by atoms with Gasteiger partial charge in [0.2, 0.25) is 0 Å². The first kappa shape index (κ1) is 25.1. The SMILES string of the molecule is CCCCCCCCCCC(I)CC1(F)C(F)(F)C(F)(F)C(F)(F)C1(F)F. The second kappa shape index (κ2) is 8.85. The van der Waals surface area contributed by atoms with Crippen molar-refractivity contribution >= 4 is 22.6 Å². The van der Waals surface area contributed by atoms with Crippen LogP contribution in [0, 0.1) is 0 Å². The van der Waals surface area contributed by atoms with Gasteiger partial charge in [0.1, 0.15) is 0 Å². The molecule has 0 bridgehead atoms. The summed E-state index contributed by atoms with van der Waals surface area (Å²) in [6.45, 7) is 2.07. The molecule has 1 aliphatic rings. The highest BCUT2D eigenvalue weighted by atomic mass is 127. The molecule has 0 saturated heterocycles. The number of unbranched alkanes of at least 4 members (excludes halogenated alkanes) is 7. The molecule has 1 aliphatic carbocycles. The van der Waals surface area contributed by atoms with Crippen molar-refractivity contribution in [2.45, 2.75) is 104 Å². The van der Waals surface area contributed by atoms with E-state index in [-0.39, 0.29) is 6.42 Å². The van der Waals surface area contributed by atoms with E-state index >= 15 is 0 Å². The van der Waals surface area contributed by atoms with Crippen molar-refractivity contribution < 1.29 is 39.5 Å². The van der Waals surface area contributed by atoms with E-state index in [0.717, 1.165) is 38.5 Å². The van der Waals surface area contributed by atoms with Crippen LogP contribution in [0.25, 0.3) is 0 Å². The topological polar surface area (TPSA) is 0 Å². The van der Waals surface area contributed by atoms with Crippen molar-refractivity contribution in [2.75, 3.05) is 0 Å². The molecule has 0 aromatic rings. The molecule has 162 valence electrons. The molecule has 0 N–H and O–H groups in total. The molecule has 0 amide bonds. The molecular formula is C17H24F9I. The molecule has 0 spiro atoms. The van der Waals surface area contributed by atoms with E-state index in [9.17, 15) is 39.5 Å². The maximum absolute atomic E-state index is 14.4. The first-order valence-corrected chi connectivity index (χ1v) is 10.3. The Morgan fingerprint density at radius 2 is 0.963 bits per heavy atom. The van der Waals surface area contributed by atoms with Crippen LogP contribution in [0.1, 0.15) is 71.1 Å². The highest BCUT2D eigenvalue weighted by molar-refractivity contribution is 14.1. The lowest BCUT2D eigenvalue weighted by Crippen LogP contribution is -2.55. The number of hydrogen-bond donors (Lipinski definition) is 0. The van der Waals surface area contributed by atoms with Gasteiger partial charge in [0, 0.05) is 10.3 Å². The Balaban J connectivity index is 2.63. The minimum atomic E-state index is -6.47. The van der Waals surface area contributed by atoms with Crippen LogP contribution >= 0.6 is 22.6 Å². The number of hydrogen-bond acceptors (Lipinski definition) is 0. The highest BCUT2D eigenvalue weighted by Crippen LogP contribution is 2.70. The van der Waals surface area contributed by atoms with Gasteiger partial charge < -0.3 is 0 Å². The van der Waals surface area contributed by atoms with Gasteiger partial charge in [0.05, 0.1) is 0 Å². The summed E-state index contributed by atoms with van der Waals surface area (Å²) in [7, 11) is 0. The lowest BCUT2D eigenvalue weighted by molar-refractivity contribution is -0.303. The van der Waals surface area contributed by atoms with Gasteiger partial charge in [-0.2, -0.15) is 35.1 Å². The van der Waals surface area contributed by atoms with Crippen LogP contribution in [0.15, 0.2) is 0 Å². The molecule has 1 saturated carbocycles. The van der Waals surface area contributed by atoms with E-state index < -0.39 is 39.7 Å². The second-order valence-electron chi connectivity index (χ2n) is 7.16. The van der Waals surface area contributed by atoms with Crippen LogP contribution in [-0.4, -0.2) is 33.3 Å². The average molecular weight is 526 g/mol. The Morgan fingerprint density at radius 1 is 0.593 bits per heavy atom.